The summed E-state index contributed by atoms with van der Waals surface area (Å²) in [5, 5.41) is 0. The van der Waals surface area contributed by atoms with E-state index in [-0.39, 0.29) is 12.1 Å². The minimum absolute atomic E-state index is 0.0711. The SMILES string of the molecule is CCOC(=O)[C@]1(c2ccccc2)C[C@H]([Ge]([CH](C)C)([CH](C)C)[CH](C)C)[C@@H](C)O1. The molecule has 1 aromatic carbocycles. The maximum atomic E-state index is 13.2. The summed E-state index contributed by atoms with van der Waals surface area (Å²) in [6.45, 7) is 18.8. The van der Waals surface area contributed by atoms with Crippen molar-refractivity contribution in [3.05, 3.63) is 35.9 Å². The first-order valence-corrected chi connectivity index (χ1v) is 15.4. The second kappa shape index (κ2) is 8.69. The molecule has 27 heavy (non-hydrogen) atoms. The molecule has 0 radical (unpaired) electrons. The van der Waals surface area contributed by atoms with Gasteiger partial charge in [0.2, 0.25) is 0 Å². The van der Waals surface area contributed by atoms with Gasteiger partial charge in [-0.1, -0.05) is 0 Å². The molecule has 0 aliphatic carbocycles. The van der Waals surface area contributed by atoms with Crippen molar-refractivity contribution in [2.75, 3.05) is 6.61 Å². The molecule has 1 heterocycles. The summed E-state index contributed by atoms with van der Waals surface area (Å²) < 4.78 is 14.6. The Bertz CT molecular complexity index is 604. The summed E-state index contributed by atoms with van der Waals surface area (Å²) in [6, 6.07) is 9.98. The number of hydrogen-bond acceptors (Lipinski definition) is 3. The van der Waals surface area contributed by atoms with Gasteiger partial charge in [-0.15, -0.1) is 0 Å². The Morgan fingerprint density at radius 2 is 1.63 bits per heavy atom. The van der Waals surface area contributed by atoms with Gasteiger partial charge in [0.25, 0.3) is 0 Å². The quantitative estimate of drug-likeness (QED) is 0.373. The Balaban J connectivity index is 2.58. The molecular weight excluding hydrogens is 397 g/mol. The Hall–Kier alpha value is -0.807. The number of ether oxygens (including phenoxy) is 2. The topological polar surface area (TPSA) is 35.5 Å². The molecule has 0 saturated carbocycles. The average molecular weight is 435 g/mol. The van der Waals surface area contributed by atoms with E-state index in [0.717, 1.165) is 12.0 Å². The van der Waals surface area contributed by atoms with Crippen molar-refractivity contribution in [3.63, 3.8) is 0 Å². The third kappa shape index (κ3) is 3.74. The van der Waals surface area contributed by atoms with Crippen molar-refractivity contribution < 1.29 is 14.3 Å². The molecule has 4 heteroatoms. The van der Waals surface area contributed by atoms with Crippen molar-refractivity contribution in [3.8, 4) is 0 Å². The molecule has 3 atom stereocenters. The summed E-state index contributed by atoms with van der Waals surface area (Å²) in [5.74, 6) is -0.224. The monoisotopic (exact) mass is 436 g/mol. The Labute approximate surface area is 168 Å². The molecule has 0 N–H and O–H groups in total. The van der Waals surface area contributed by atoms with Crippen molar-refractivity contribution in [2.45, 2.75) is 92.5 Å². The van der Waals surface area contributed by atoms with Crippen LogP contribution in [0.5, 0.6) is 0 Å². The molecule has 1 aromatic rings. The van der Waals surface area contributed by atoms with Gasteiger partial charge in [-0.2, -0.15) is 0 Å². The van der Waals surface area contributed by atoms with Gasteiger partial charge in [-0.05, 0) is 0 Å². The van der Waals surface area contributed by atoms with E-state index in [0.29, 0.717) is 25.6 Å². The van der Waals surface area contributed by atoms with Gasteiger partial charge in [0.15, 0.2) is 0 Å². The van der Waals surface area contributed by atoms with Gasteiger partial charge in [-0.25, -0.2) is 0 Å². The first-order valence-electron chi connectivity index (χ1n) is 10.5. The zero-order valence-electron chi connectivity index (χ0n) is 18.4. The first-order chi connectivity index (χ1) is 12.6. The molecule has 1 saturated heterocycles. The van der Waals surface area contributed by atoms with Gasteiger partial charge in [0, 0.05) is 0 Å². The van der Waals surface area contributed by atoms with Crippen LogP contribution in [-0.4, -0.2) is 31.9 Å². The molecular formula is C23H38GeO3. The summed E-state index contributed by atoms with van der Waals surface area (Å²) in [4.78, 5) is 13.2. The van der Waals surface area contributed by atoms with E-state index < -0.39 is 18.9 Å². The number of carbonyl (C=O) groups excluding carboxylic acids is 1. The van der Waals surface area contributed by atoms with Gasteiger partial charge in [-0.3, -0.25) is 0 Å². The van der Waals surface area contributed by atoms with Gasteiger partial charge < -0.3 is 0 Å². The van der Waals surface area contributed by atoms with Crippen LogP contribution in [0.1, 0.15) is 67.4 Å². The van der Waals surface area contributed by atoms with E-state index >= 15 is 0 Å². The molecule has 1 aliphatic rings. The van der Waals surface area contributed by atoms with E-state index in [1.165, 1.54) is 0 Å². The minimum atomic E-state index is -2.43. The van der Waals surface area contributed by atoms with Crippen molar-refractivity contribution >= 4 is 19.2 Å². The summed E-state index contributed by atoms with van der Waals surface area (Å²) in [6.07, 6.45) is 0.827. The molecule has 152 valence electrons. The molecule has 1 fully saturated rings. The predicted molar refractivity (Wildman–Crippen MR) is 115 cm³/mol. The molecule has 0 amide bonds. The Morgan fingerprint density at radius 1 is 1.11 bits per heavy atom. The first kappa shape index (κ1) is 22.5. The van der Waals surface area contributed by atoms with Crippen LogP contribution >= 0.6 is 0 Å². The summed E-state index contributed by atoms with van der Waals surface area (Å²) in [5.41, 5.74) is -0.0263. The second-order valence-corrected chi connectivity index (χ2v) is 22.0. The maximum absolute atomic E-state index is 13.2. The average Bonchev–Trinajstić information content (AvgIpc) is 2.94. The van der Waals surface area contributed by atoms with Gasteiger partial charge in [0.05, 0.1) is 0 Å². The van der Waals surface area contributed by atoms with E-state index in [4.69, 9.17) is 9.47 Å². The molecule has 0 aromatic heterocycles. The number of esters is 1. The van der Waals surface area contributed by atoms with E-state index in [1.807, 2.05) is 37.3 Å². The Morgan fingerprint density at radius 3 is 2.07 bits per heavy atom. The standard InChI is InChI=1S/C23H38GeO3/c1-9-26-22(25)23(20-13-11-10-12-14-20)15-21(19(8)27-23)24(16(2)3,17(4)5)18(6)7/h10-14,16-19,21H,9,15H2,1-8H3/t19-,21+,23-/m1/s1. The fourth-order valence-electron chi connectivity index (χ4n) is 6.18. The van der Waals surface area contributed by atoms with Crippen LogP contribution in [0.15, 0.2) is 30.3 Å². The summed E-state index contributed by atoms with van der Waals surface area (Å²) in [7, 11) is 0. The molecule has 0 unspecified atom stereocenters. The van der Waals surface area contributed by atoms with Crippen LogP contribution in [0.3, 0.4) is 0 Å². The third-order valence-corrected chi connectivity index (χ3v) is 23.6. The number of hydrogen-bond donors (Lipinski definition) is 0. The predicted octanol–water partition coefficient (Wildman–Crippen LogP) is 6.30. The molecule has 1 aliphatic heterocycles. The van der Waals surface area contributed by atoms with Crippen LogP contribution in [-0.2, 0) is 19.9 Å². The second-order valence-electron chi connectivity index (χ2n) is 9.01. The Kier molecular flexibility index (Phi) is 7.24. The van der Waals surface area contributed by atoms with Crippen LogP contribution in [0.25, 0.3) is 0 Å². The van der Waals surface area contributed by atoms with Crippen molar-refractivity contribution in [1.82, 2.24) is 0 Å². The zero-order chi connectivity index (χ0) is 20.4. The fraction of sp³-hybridized carbons (Fsp3) is 0.696. The van der Waals surface area contributed by atoms with Crippen LogP contribution in [0.4, 0.5) is 0 Å². The van der Waals surface area contributed by atoms with Crippen molar-refractivity contribution in [1.29, 1.82) is 0 Å². The van der Waals surface area contributed by atoms with Crippen LogP contribution < -0.4 is 0 Å². The number of carbonyl (C=O) groups is 1. The molecule has 2 rings (SSSR count). The van der Waals surface area contributed by atoms with Crippen molar-refractivity contribution in [2.24, 2.45) is 0 Å². The number of benzene rings is 1. The fourth-order valence-corrected chi connectivity index (χ4v) is 23.2. The van der Waals surface area contributed by atoms with Gasteiger partial charge in [0.1, 0.15) is 0 Å². The van der Waals surface area contributed by atoms with E-state index in [1.54, 1.807) is 0 Å². The number of rotatable bonds is 7. The third-order valence-electron chi connectivity index (χ3n) is 6.95. The van der Waals surface area contributed by atoms with Crippen LogP contribution in [0, 0.1) is 0 Å². The summed E-state index contributed by atoms with van der Waals surface area (Å²) >= 11 is -2.43. The van der Waals surface area contributed by atoms with E-state index in [9.17, 15) is 4.79 Å². The zero-order valence-corrected chi connectivity index (χ0v) is 20.5. The van der Waals surface area contributed by atoms with Gasteiger partial charge >= 0.3 is 169 Å². The molecule has 3 nitrogen and oxygen atoms in total. The van der Waals surface area contributed by atoms with Crippen LogP contribution in [0.2, 0.25) is 19.0 Å². The molecule has 0 bridgehead atoms. The normalized spacial score (nSPS) is 26.2. The van der Waals surface area contributed by atoms with E-state index in [2.05, 4.69) is 48.5 Å². The molecule has 0 spiro atoms.